The van der Waals surface area contributed by atoms with Crippen molar-refractivity contribution in [2.45, 2.75) is 63.7 Å². The van der Waals surface area contributed by atoms with E-state index in [-0.39, 0.29) is 31.8 Å². The Bertz CT molecular complexity index is 1200. The van der Waals surface area contributed by atoms with Crippen LogP contribution in [0.15, 0.2) is 98.1 Å². The van der Waals surface area contributed by atoms with Gasteiger partial charge in [-0.3, -0.25) is 0 Å². The number of amides is 1. The van der Waals surface area contributed by atoms with Gasteiger partial charge < -0.3 is 25.4 Å². The number of ether oxygens (including phenoxy) is 1. The van der Waals surface area contributed by atoms with Gasteiger partial charge in [0.15, 0.2) is 0 Å². The van der Waals surface area contributed by atoms with E-state index in [9.17, 15) is 4.79 Å². The second kappa shape index (κ2) is 30.6. The number of carbonyl (C=O) groups is 1. The fraction of sp³-hybridized carbons (Fsp3) is 0.395. The topological polar surface area (TPSA) is 147 Å². The third kappa shape index (κ3) is 19.7. The number of nitriles is 2. The number of benzene rings is 2. The van der Waals surface area contributed by atoms with E-state index in [1.54, 1.807) is 12.2 Å². The lowest BCUT2D eigenvalue weighted by Gasteiger charge is -2.14. The Morgan fingerprint density at radius 1 is 0.739 bits per heavy atom. The van der Waals surface area contributed by atoms with Crippen LogP contribution in [0.2, 0.25) is 0 Å². The molecule has 0 unspecified atom stereocenters. The maximum Gasteiger partial charge on any atom is 0.407 e. The number of carbonyl (C=O) groups excluding carboxylic acids is 1. The van der Waals surface area contributed by atoms with Gasteiger partial charge in [-0.1, -0.05) is 85.0 Å². The molecule has 0 radical (unpaired) electrons. The average Bonchev–Trinajstić information content (AvgIpc) is 3.40. The quantitative estimate of drug-likeness (QED) is 0.111. The predicted molar refractivity (Wildman–Crippen MR) is 186 cm³/mol. The van der Waals surface area contributed by atoms with E-state index in [1.807, 2.05) is 60.7 Å². The number of nitrogens with zero attached hydrogens (tertiary/aromatic N) is 2. The van der Waals surface area contributed by atoms with E-state index in [1.165, 1.54) is 22.3 Å². The van der Waals surface area contributed by atoms with Crippen molar-refractivity contribution in [2.75, 3.05) is 33.0 Å². The summed E-state index contributed by atoms with van der Waals surface area (Å²) in [6, 6.07) is 20.5. The van der Waals surface area contributed by atoms with Crippen LogP contribution in [0.25, 0.3) is 11.1 Å². The van der Waals surface area contributed by atoms with Crippen molar-refractivity contribution in [3.05, 3.63) is 109 Å². The molecule has 1 aliphatic carbocycles. The van der Waals surface area contributed by atoms with E-state index in [2.05, 4.69) is 42.7 Å². The first-order valence-corrected chi connectivity index (χ1v) is 15.7. The molecule has 46 heavy (non-hydrogen) atoms. The summed E-state index contributed by atoms with van der Waals surface area (Å²) in [6.45, 7) is 8.43. The third-order valence-electron chi connectivity index (χ3n) is 6.33. The Morgan fingerprint density at radius 2 is 1.24 bits per heavy atom. The van der Waals surface area contributed by atoms with E-state index in [0.717, 1.165) is 44.9 Å². The highest BCUT2D eigenvalue weighted by atomic mass is 16.5. The minimum absolute atomic E-state index is 0.0894. The molecule has 248 valence electrons. The summed E-state index contributed by atoms with van der Waals surface area (Å²) in [6.07, 6.45) is 17.5. The summed E-state index contributed by atoms with van der Waals surface area (Å²) in [4.78, 5) is 12.0. The summed E-state index contributed by atoms with van der Waals surface area (Å²) in [5.74, 6) is 0.0894. The lowest BCUT2D eigenvalue weighted by atomic mass is 9.98. The predicted octanol–water partition coefficient (Wildman–Crippen LogP) is 7.50. The van der Waals surface area contributed by atoms with Crippen molar-refractivity contribution in [3.63, 3.8) is 0 Å². The van der Waals surface area contributed by atoms with Crippen LogP contribution < -0.4 is 5.32 Å². The Kier molecular flexibility index (Phi) is 27.6. The highest BCUT2D eigenvalue weighted by molar-refractivity contribution is 5.79. The zero-order chi connectivity index (χ0) is 34.1. The summed E-state index contributed by atoms with van der Waals surface area (Å²) < 4.78 is 5.48. The van der Waals surface area contributed by atoms with Crippen LogP contribution in [0.5, 0.6) is 0 Å². The molecule has 2 aromatic carbocycles. The third-order valence-corrected chi connectivity index (χ3v) is 6.33. The van der Waals surface area contributed by atoms with Crippen molar-refractivity contribution in [3.8, 4) is 23.3 Å². The van der Waals surface area contributed by atoms with Gasteiger partial charge in [-0.05, 0) is 67.2 Å². The van der Waals surface area contributed by atoms with Crippen LogP contribution in [0.1, 0.15) is 74.8 Å². The Morgan fingerprint density at radius 3 is 1.70 bits per heavy atom. The summed E-state index contributed by atoms with van der Waals surface area (Å²) >= 11 is 0. The van der Waals surface area contributed by atoms with Crippen LogP contribution in [0.4, 0.5) is 4.79 Å². The molecule has 0 heterocycles. The first kappa shape index (κ1) is 41.5. The smallest absolute Gasteiger partial charge is 0.407 e. The monoisotopic (exact) mass is 629 g/mol. The molecule has 2 aromatic rings. The Hall–Kier alpha value is -4.47. The number of alkyl carbamates (subject to hydrolysis) is 1. The lowest BCUT2D eigenvalue weighted by Crippen LogP contribution is -2.26. The van der Waals surface area contributed by atoms with Gasteiger partial charge in [-0.15, -0.1) is 13.2 Å². The van der Waals surface area contributed by atoms with E-state index in [4.69, 9.17) is 30.6 Å². The minimum atomic E-state index is -0.379. The van der Waals surface area contributed by atoms with Gasteiger partial charge in [0.1, 0.15) is 6.61 Å². The molecule has 8 nitrogen and oxygen atoms in total. The van der Waals surface area contributed by atoms with E-state index in [0.29, 0.717) is 26.0 Å². The number of allylic oxidation sites excluding steroid dienone is 5. The molecule has 0 aliphatic heterocycles. The number of fused-ring (bicyclic) bond motifs is 3. The van der Waals surface area contributed by atoms with Gasteiger partial charge in [0.2, 0.25) is 0 Å². The first-order chi connectivity index (χ1) is 22.6. The van der Waals surface area contributed by atoms with Crippen molar-refractivity contribution >= 4 is 6.09 Å². The van der Waals surface area contributed by atoms with Gasteiger partial charge in [-0.2, -0.15) is 10.5 Å². The van der Waals surface area contributed by atoms with Gasteiger partial charge >= 0.3 is 6.09 Å². The zero-order valence-corrected chi connectivity index (χ0v) is 27.0. The van der Waals surface area contributed by atoms with Gasteiger partial charge in [0.05, 0.1) is 25.0 Å². The van der Waals surface area contributed by atoms with Crippen LogP contribution in [0, 0.1) is 22.7 Å². The van der Waals surface area contributed by atoms with Crippen LogP contribution >= 0.6 is 0 Å². The van der Waals surface area contributed by atoms with Crippen molar-refractivity contribution in [1.29, 1.82) is 10.5 Å². The lowest BCUT2D eigenvalue weighted by molar-refractivity contribution is 0.143. The molecule has 0 aromatic heterocycles. The number of unbranched alkanes of at least 4 members (excludes halogenated alkanes) is 3. The van der Waals surface area contributed by atoms with E-state index < -0.39 is 0 Å². The fourth-order valence-corrected chi connectivity index (χ4v) is 4.12. The number of aliphatic hydroxyl groups excluding tert-OH is 3. The summed E-state index contributed by atoms with van der Waals surface area (Å²) in [5, 5.41) is 43.8. The number of hydrogen-bond acceptors (Lipinski definition) is 7. The average molecular weight is 630 g/mol. The molecular formula is C38H51N3O5. The fourth-order valence-electron chi connectivity index (χ4n) is 4.12. The molecule has 0 spiro atoms. The molecule has 4 N–H and O–H groups in total. The van der Waals surface area contributed by atoms with Gasteiger partial charge in [0, 0.05) is 32.3 Å². The standard InChI is InChI=1S/C22H25NO3.C7H11NO.C5H10O.C4H5N/c24-15-9-3-1-2-8-14-23-22(25)26-16-21-19-12-6-4-10-17(19)18-11-5-7-13-20(18)21;8-6-4-2-1-3-5-7-9;1-2-3-4-5-6;1-2-3-4-5/h1-2,4-7,10-13,21,24H,3,8-9,14-16H2,(H,23,25);1-2,9H,3-5,7H2;2,6H,1,3-5H2;2H,1,3H2. The number of rotatable bonds is 16. The summed E-state index contributed by atoms with van der Waals surface area (Å²) in [5.41, 5.74) is 4.89. The Balaban J connectivity index is 0.000000827. The summed E-state index contributed by atoms with van der Waals surface area (Å²) in [7, 11) is 0. The molecular weight excluding hydrogens is 578 g/mol. The molecule has 3 rings (SSSR count). The molecule has 1 aliphatic rings. The maximum absolute atomic E-state index is 12.0. The number of aliphatic hydroxyl groups is 3. The Labute approximate surface area is 275 Å². The number of hydrogen-bond donors (Lipinski definition) is 4. The second-order valence-electron chi connectivity index (χ2n) is 9.88. The van der Waals surface area contributed by atoms with Crippen molar-refractivity contribution in [2.24, 2.45) is 0 Å². The molecule has 0 fully saturated rings. The SMILES string of the molecule is C=CCC#N.C=CCCCO.N#CCC=CCCCO.O=C(NCCC=CCCCO)OCC1c2ccccc2-c2ccccc21. The normalized spacial score (nSPS) is 10.8. The van der Waals surface area contributed by atoms with Crippen molar-refractivity contribution < 1.29 is 24.9 Å². The zero-order valence-electron chi connectivity index (χ0n) is 27.0. The maximum atomic E-state index is 12.0. The van der Waals surface area contributed by atoms with Crippen LogP contribution in [0.3, 0.4) is 0 Å². The van der Waals surface area contributed by atoms with Gasteiger partial charge in [-0.25, -0.2) is 4.79 Å². The van der Waals surface area contributed by atoms with Crippen molar-refractivity contribution in [1.82, 2.24) is 5.32 Å². The highest BCUT2D eigenvalue weighted by Gasteiger charge is 2.28. The van der Waals surface area contributed by atoms with E-state index >= 15 is 0 Å². The molecule has 0 atom stereocenters. The molecule has 0 bridgehead atoms. The second-order valence-corrected chi connectivity index (χ2v) is 9.88. The first-order valence-electron chi connectivity index (χ1n) is 15.7. The largest absolute Gasteiger partial charge is 0.449 e. The minimum Gasteiger partial charge on any atom is -0.449 e. The van der Waals surface area contributed by atoms with Gasteiger partial charge in [0.25, 0.3) is 0 Å². The number of nitrogens with one attached hydrogen (secondary N) is 1. The molecule has 0 saturated carbocycles. The van der Waals surface area contributed by atoms with Crippen LogP contribution in [-0.4, -0.2) is 54.4 Å². The molecule has 0 saturated heterocycles. The molecule has 1 amide bonds. The van der Waals surface area contributed by atoms with Crippen LogP contribution in [-0.2, 0) is 4.74 Å². The molecule has 8 heteroatoms. The highest BCUT2D eigenvalue weighted by Crippen LogP contribution is 2.44.